The summed E-state index contributed by atoms with van der Waals surface area (Å²) < 4.78 is 0. The van der Waals surface area contributed by atoms with E-state index in [1.54, 1.807) is 5.56 Å². The number of rotatable bonds is 0. The number of hydrogen-bond acceptors (Lipinski definition) is 0. The van der Waals surface area contributed by atoms with Crippen molar-refractivity contribution in [1.82, 2.24) is 4.98 Å². The summed E-state index contributed by atoms with van der Waals surface area (Å²) in [5.74, 6) is 0.841. The van der Waals surface area contributed by atoms with Crippen LogP contribution < -0.4 is 0 Å². The lowest BCUT2D eigenvalue weighted by atomic mass is 9.87. The van der Waals surface area contributed by atoms with Crippen LogP contribution in [0.4, 0.5) is 0 Å². The van der Waals surface area contributed by atoms with Gasteiger partial charge in [-0.1, -0.05) is 6.92 Å². The second-order valence-electron chi connectivity index (χ2n) is 5.41. The monoisotopic (exact) mass is 213 g/mol. The highest BCUT2D eigenvalue weighted by Crippen LogP contribution is 2.32. The van der Waals surface area contributed by atoms with Gasteiger partial charge < -0.3 is 4.98 Å². The number of aromatic nitrogens is 1. The maximum absolute atomic E-state index is 3.60. The number of H-pyrrole nitrogens is 1. The number of fused-ring (bicyclic) bond motifs is 3. The molecule has 0 radical (unpaired) electrons. The first-order valence-electron chi connectivity index (χ1n) is 6.26. The van der Waals surface area contributed by atoms with E-state index in [4.69, 9.17) is 0 Å². The minimum absolute atomic E-state index is 0.841. The summed E-state index contributed by atoms with van der Waals surface area (Å²) >= 11 is 0. The molecule has 0 spiro atoms. The fraction of sp³-hybridized carbons (Fsp3) is 0.467. The van der Waals surface area contributed by atoms with Crippen LogP contribution in [-0.4, -0.2) is 4.98 Å². The van der Waals surface area contributed by atoms with Crippen LogP contribution in [0.5, 0.6) is 0 Å². The minimum atomic E-state index is 0.841. The third-order valence-electron chi connectivity index (χ3n) is 4.05. The Bertz CT molecular complexity index is 548. The average Bonchev–Trinajstić information content (AvgIpc) is 2.57. The van der Waals surface area contributed by atoms with Crippen molar-refractivity contribution in [3.05, 3.63) is 34.5 Å². The average molecular weight is 213 g/mol. The third kappa shape index (κ3) is 1.38. The second-order valence-corrected chi connectivity index (χ2v) is 5.41. The lowest BCUT2D eigenvalue weighted by molar-refractivity contribution is 0.499. The van der Waals surface area contributed by atoms with E-state index in [9.17, 15) is 0 Å². The molecule has 1 heteroatoms. The molecule has 1 aliphatic rings. The molecular weight excluding hydrogens is 194 g/mol. The summed E-state index contributed by atoms with van der Waals surface area (Å²) in [5, 5.41) is 1.46. The Kier molecular flexibility index (Phi) is 2.10. The van der Waals surface area contributed by atoms with Crippen LogP contribution in [0.15, 0.2) is 12.1 Å². The first-order chi connectivity index (χ1) is 7.65. The van der Waals surface area contributed by atoms with Crippen molar-refractivity contribution in [3.63, 3.8) is 0 Å². The Balaban J connectivity index is 2.27. The van der Waals surface area contributed by atoms with Gasteiger partial charge in [0.15, 0.2) is 0 Å². The lowest BCUT2D eigenvalue weighted by Crippen LogP contribution is -2.09. The maximum Gasteiger partial charge on any atom is 0.0461 e. The quantitative estimate of drug-likeness (QED) is 0.683. The van der Waals surface area contributed by atoms with Crippen molar-refractivity contribution in [3.8, 4) is 0 Å². The molecular formula is C15H19N. The molecule has 1 aromatic heterocycles. The molecule has 0 fully saturated rings. The molecule has 84 valence electrons. The summed E-state index contributed by atoms with van der Waals surface area (Å²) in [6.45, 7) is 6.76. The number of nitrogens with one attached hydrogen (secondary N) is 1. The Morgan fingerprint density at radius 2 is 1.94 bits per heavy atom. The highest BCUT2D eigenvalue weighted by molar-refractivity contribution is 5.86. The molecule has 1 N–H and O–H groups in total. The molecule has 1 atom stereocenters. The highest BCUT2D eigenvalue weighted by atomic mass is 14.7. The van der Waals surface area contributed by atoms with Crippen molar-refractivity contribution in [2.24, 2.45) is 5.92 Å². The number of aromatic amines is 1. The minimum Gasteiger partial charge on any atom is -0.358 e. The Labute approximate surface area is 96.9 Å². The second kappa shape index (κ2) is 3.38. The first-order valence-corrected chi connectivity index (χ1v) is 6.26. The lowest BCUT2D eigenvalue weighted by Gasteiger charge is -2.18. The van der Waals surface area contributed by atoms with Gasteiger partial charge in [0, 0.05) is 16.6 Å². The highest BCUT2D eigenvalue weighted by Gasteiger charge is 2.19. The SMILES string of the molecule is Cc1cc2[nH]c3c(c2cc1C)CC(C)CC3. The Hall–Kier alpha value is -1.24. The molecule has 2 aromatic rings. The van der Waals surface area contributed by atoms with Crippen LogP contribution in [0.25, 0.3) is 10.9 Å². The van der Waals surface area contributed by atoms with Crippen molar-refractivity contribution in [1.29, 1.82) is 0 Å². The number of aryl methyl sites for hydroxylation is 3. The van der Waals surface area contributed by atoms with Crippen molar-refractivity contribution in [2.75, 3.05) is 0 Å². The van der Waals surface area contributed by atoms with Gasteiger partial charge in [-0.15, -0.1) is 0 Å². The largest absolute Gasteiger partial charge is 0.358 e. The van der Waals surface area contributed by atoms with Crippen LogP contribution in [0.2, 0.25) is 0 Å². The van der Waals surface area contributed by atoms with E-state index in [1.807, 2.05) is 0 Å². The van der Waals surface area contributed by atoms with E-state index < -0.39 is 0 Å². The predicted molar refractivity (Wildman–Crippen MR) is 69.0 cm³/mol. The third-order valence-corrected chi connectivity index (χ3v) is 4.05. The van der Waals surface area contributed by atoms with Gasteiger partial charge >= 0.3 is 0 Å². The zero-order valence-electron chi connectivity index (χ0n) is 10.4. The topological polar surface area (TPSA) is 15.8 Å². The zero-order chi connectivity index (χ0) is 11.3. The summed E-state index contributed by atoms with van der Waals surface area (Å²) in [7, 11) is 0. The summed E-state index contributed by atoms with van der Waals surface area (Å²) in [6.07, 6.45) is 3.80. The zero-order valence-corrected chi connectivity index (χ0v) is 10.4. The molecule has 0 bridgehead atoms. The van der Waals surface area contributed by atoms with Crippen LogP contribution in [0, 0.1) is 19.8 Å². The molecule has 0 saturated carbocycles. The van der Waals surface area contributed by atoms with Gasteiger partial charge in [-0.05, 0) is 67.9 Å². The Morgan fingerprint density at radius 1 is 1.19 bits per heavy atom. The molecule has 1 unspecified atom stereocenters. The molecule has 0 aliphatic heterocycles. The predicted octanol–water partition coefficient (Wildman–Crippen LogP) is 3.91. The van der Waals surface area contributed by atoms with Gasteiger partial charge in [-0.2, -0.15) is 0 Å². The van der Waals surface area contributed by atoms with Gasteiger partial charge in [0.1, 0.15) is 0 Å². The summed E-state index contributed by atoms with van der Waals surface area (Å²) in [4.78, 5) is 3.60. The molecule has 1 nitrogen and oxygen atoms in total. The van der Waals surface area contributed by atoms with Crippen LogP contribution in [0.3, 0.4) is 0 Å². The fourth-order valence-electron chi connectivity index (χ4n) is 2.86. The van der Waals surface area contributed by atoms with Gasteiger partial charge in [0.05, 0.1) is 0 Å². The van der Waals surface area contributed by atoms with Gasteiger partial charge in [-0.3, -0.25) is 0 Å². The van der Waals surface area contributed by atoms with E-state index in [0.717, 1.165) is 5.92 Å². The molecule has 0 amide bonds. The van der Waals surface area contributed by atoms with Crippen LogP contribution in [0.1, 0.15) is 35.7 Å². The molecule has 0 saturated heterocycles. The van der Waals surface area contributed by atoms with E-state index in [1.165, 1.54) is 47.0 Å². The van der Waals surface area contributed by atoms with Crippen LogP contribution in [-0.2, 0) is 12.8 Å². The van der Waals surface area contributed by atoms with Crippen molar-refractivity contribution in [2.45, 2.75) is 40.0 Å². The molecule has 1 aromatic carbocycles. The van der Waals surface area contributed by atoms with E-state index >= 15 is 0 Å². The molecule has 3 rings (SSSR count). The van der Waals surface area contributed by atoms with Gasteiger partial charge in [0.25, 0.3) is 0 Å². The molecule has 1 heterocycles. The van der Waals surface area contributed by atoms with Crippen molar-refractivity contribution < 1.29 is 0 Å². The number of benzene rings is 1. The maximum atomic E-state index is 3.60. The van der Waals surface area contributed by atoms with Crippen molar-refractivity contribution >= 4 is 10.9 Å². The first kappa shape index (κ1) is 9.95. The smallest absolute Gasteiger partial charge is 0.0461 e. The molecule has 16 heavy (non-hydrogen) atoms. The Morgan fingerprint density at radius 3 is 2.75 bits per heavy atom. The summed E-state index contributed by atoms with van der Waals surface area (Å²) in [6, 6.07) is 4.66. The van der Waals surface area contributed by atoms with E-state index in [2.05, 4.69) is 37.9 Å². The standard InChI is InChI=1S/C15H19N/c1-9-4-5-14-12(6-9)13-7-10(2)11(3)8-15(13)16-14/h7-9,16H,4-6H2,1-3H3. The normalized spacial score (nSPS) is 20.1. The van der Waals surface area contributed by atoms with Gasteiger partial charge in [0.2, 0.25) is 0 Å². The van der Waals surface area contributed by atoms with E-state index in [-0.39, 0.29) is 0 Å². The summed E-state index contributed by atoms with van der Waals surface area (Å²) in [5.41, 5.74) is 7.20. The van der Waals surface area contributed by atoms with Gasteiger partial charge in [-0.25, -0.2) is 0 Å². The molecule has 1 aliphatic carbocycles. The number of hydrogen-bond donors (Lipinski definition) is 1. The van der Waals surface area contributed by atoms with E-state index in [0.29, 0.717) is 0 Å². The van der Waals surface area contributed by atoms with Crippen LogP contribution >= 0.6 is 0 Å². The fourth-order valence-corrected chi connectivity index (χ4v) is 2.86.